The highest BCUT2D eigenvalue weighted by atomic mass is 32.2. The Kier molecular flexibility index (Phi) is 3.82. The van der Waals surface area contributed by atoms with E-state index in [-0.39, 0.29) is 23.8 Å². The van der Waals surface area contributed by atoms with Crippen LogP contribution in [0.15, 0.2) is 35.7 Å². The van der Waals surface area contributed by atoms with E-state index in [9.17, 15) is 17.6 Å². The summed E-state index contributed by atoms with van der Waals surface area (Å²) in [6.07, 6.45) is 2.98. The van der Waals surface area contributed by atoms with Crippen LogP contribution in [-0.2, 0) is 10.0 Å². The molecule has 0 unspecified atom stereocenters. The van der Waals surface area contributed by atoms with Crippen molar-refractivity contribution < 1.29 is 17.6 Å². The van der Waals surface area contributed by atoms with Crippen LogP contribution in [0.25, 0.3) is 0 Å². The van der Waals surface area contributed by atoms with Gasteiger partial charge >= 0.3 is 0 Å². The standard InChI is InChI=1S/C13H14FNO3S/c1-2-7-15-19(17,18)12-8-10(5-6-11(12)14)13(16)9-3-4-9/h2,5-6,8-9,15H,1,3-4,7H2. The fourth-order valence-electron chi connectivity index (χ4n) is 1.69. The van der Waals surface area contributed by atoms with Crippen LogP contribution in [0.2, 0.25) is 0 Å². The highest BCUT2D eigenvalue weighted by molar-refractivity contribution is 7.89. The van der Waals surface area contributed by atoms with Gasteiger partial charge in [0.1, 0.15) is 10.7 Å². The number of Topliss-reactive ketones (excluding diaryl/α,β-unsaturated/α-hetero) is 1. The van der Waals surface area contributed by atoms with E-state index < -0.39 is 20.7 Å². The van der Waals surface area contributed by atoms with Crippen molar-refractivity contribution in [1.29, 1.82) is 0 Å². The summed E-state index contributed by atoms with van der Waals surface area (Å²) in [7, 11) is -3.96. The lowest BCUT2D eigenvalue weighted by Gasteiger charge is -2.07. The first-order valence-electron chi connectivity index (χ1n) is 5.90. The maximum absolute atomic E-state index is 13.6. The molecule has 2 rings (SSSR count). The fraction of sp³-hybridized carbons (Fsp3) is 0.308. The molecule has 1 saturated carbocycles. The maximum Gasteiger partial charge on any atom is 0.243 e. The molecule has 0 amide bonds. The number of carbonyl (C=O) groups excluding carboxylic acids is 1. The summed E-state index contributed by atoms with van der Waals surface area (Å²) in [4.78, 5) is 11.4. The van der Waals surface area contributed by atoms with Crippen LogP contribution in [0.4, 0.5) is 4.39 Å². The van der Waals surface area contributed by atoms with Crippen molar-refractivity contribution in [2.24, 2.45) is 5.92 Å². The molecule has 0 saturated heterocycles. The summed E-state index contributed by atoms with van der Waals surface area (Å²) in [6, 6.07) is 3.43. The van der Waals surface area contributed by atoms with Gasteiger partial charge in [0, 0.05) is 18.0 Å². The third-order valence-electron chi connectivity index (χ3n) is 2.87. The van der Waals surface area contributed by atoms with Crippen LogP contribution in [0.3, 0.4) is 0 Å². The normalized spacial score (nSPS) is 15.2. The van der Waals surface area contributed by atoms with Gasteiger partial charge < -0.3 is 0 Å². The summed E-state index contributed by atoms with van der Waals surface area (Å²) >= 11 is 0. The monoisotopic (exact) mass is 283 g/mol. The van der Waals surface area contributed by atoms with Crippen molar-refractivity contribution in [3.8, 4) is 0 Å². The zero-order chi connectivity index (χ0) is 14.0. The van der Waals surface area contributed by atoms with E-state index in [4.69, 9.17) is 0 Å². The average Bonchev–Trinajstić information content (AvgIpc) is 3.20. The molecule has 0 radical (unpaired) electrons. The van der Waals surface area contributed by atoms with Crippen molar-refractivity contribution in [3.63, 3.8) is 0 Å². The van der Waals surface area contributed by atoms with Crippen molar-refractivity contribution in [3.05, 3.63) is 42.2 Å². The molecule has 1 aliphatic carbocycles. The van der Waals surface area contributed by atoms with Gasteiger partial charge in [-0.05, 0) is 31.0 Å². The van der Waals surface area contributed by atoms with Crippen LogP contribution in [0.1, 0.15) is 23.2 Å². The number of sulfonamides is 1. The van der Waals surface area contributed by atoms with Gasteiger partial charge in [0.15, 0.2) is 5.78 Å². The van der Waals surface area contributed by atoms with Gasteiger partial charge in [0.2, 0.25) is 10.0 Å². The predicted octanol–water partition coefficient (Wildman–Crippen LogP) is 1.88. The van der Waals surface area contributed by atoms with Gasteiger partial charge in [-0.2, -0.15) is 0 Å². The summed E-state index contributed by atoms with van der Waals surface area (Å²) in [6.45, 7) is 3.38. The molecule has 1 N–H and O–H groups in total. The number of hydrogen-bond donors (Lipinski definition) is 1. The Bertz CT molecular complexity index is 621. The quantitative estimate of drug-likeness (QED) is 0.640. The number of rotatable bonds is 6. The molecule has 0 aromatic heterocycles. The van der Waals surface area contributed by atoms with Crippen molar-refractivity contribution in [2.75, 3.05) is 6.54 Å². The Labute approximate surface area is 111 Å². The largest absolute Gasteiger partial charge is 0.294 e. The van der Waals surface area contributed by atoms with Crippen LogP contribution < -0.4 is 4.72 Å². The third-order valence-corrected chi connectivity index (χ3v) is 4.31. The topological polar surface area (TPSA) is 63.2 Å². The molecule has 1 aliphatic rings. The molecule has 19 heavy (non-hydrogen) atoms. The zero-order valence-corrected chi connectivity index (χ0v) is 11.0. The van der Waals surface area contributed by atoms with E-state index >= 15 is 0 Å². The lowest BCUT2D eigenvalue weighted by atomic mass is 10.1. The molecule has 1 aromatic carbocycles. The molecule has 4 nitrogen and oxygen atoms in total. The van der Waals surface area contributed by atoms with Crippen LogP contribution in [0.5, 0.6) is 0 Å². The SMILES string of the molecule is C=CCNS(=O)(=O)c1cc(C(=O)C2CC2)ccc1F. The van der Waals surface area contributed by atoms with Crippen LogP contribution in [0, 0.1) is 11.7 Å². The summed E-state index contributed by atoms with van der Waals surface area (Å²) in [5.74, 6) is -1.04. The Balaban J connectivity index is 2.36. The minimum absolute atomic E-state index is 0.00255. The van der Waals surface area contributed by atoms with Gasteiger partial charge in [0.05, 0.1) is 0 Å². The first kappa shape index (κ1) is 13.9. The predicted molar refractivity (Wildman–Crippen MR) is 68.8 cm³/mol. The van der Waals surface area contributed by atoms with E-state index in [2.05, 4.69) is 11.3 Å². The summed E-state index contributed by atoms with van der Waals surface area (Å²) < 4.78 is 39.5. The van der Waals surface area contributed by atoms with E-state index in [0.29, 0.717) is 0 Å². The Hall–Kier alpha value is -1.53. The fourth-order valence-corrected chi connectivity index (χ4v) is 2.79. The Morgan fingerprint density at radius 3 is 2.74 bits per heavy atom. The number of carbonyl (C=O) groups is 1. The molecule has 6 heteroatoms. The van der Waals surface area contributed by atoms with E-state index in [1.54, 1.807) is 0 Å². The van der Waals surface area contributed by atoms with E-state index in [1.807, 2.05) is 0 Å². The molecule has 0 spiro atoms. The molecule has 0 heterocycles. The molecule has 0 bridgehead atoms. The molecule has 1 fully saturated rings. The second kappa shape index (κ2) is 5.22. The van der Waals surface area contributed by atoms with E-state index in [1.165, 1.54) is 12.1 Å². The minimum Gasteiger partial charge on any atom is -0.294 e. The molecular weight excluding hydrogens is 269 g/mol. The van der Waals surface area contributed by atoms with Gasteiger partial charge in [-0.3, -0.25) is 4.79 Å². The average molecular weight is 283 g/mol. The van der Waals surface area contributed by atoms with Gasteiger partial charge in [-0.1, -0.05) is 6.08 Å². The number of ketones is 1. The Morgan fingerprint density at radius 2 is 2.16 bits per heavy atom. The molecular formula is C13H14FNO3S. The van der Waals surface area contributed by atoms with Gasteiger partial charge in [-0.25, -0.2) is 17.5 Å². The van der Waals surface area contributed by atoms with Gasteiger partial charge in [0.25, 0.3) is 0 Å². The van der Waals surface area contributed by atoms with Crippen molar-refractivity contribution in [2.45, 2.75) is 17.7 Å². The van der Waals surface area contributed by atoms with E-state index in [0.717, 1.165) is 25.0 Å². The molecule has 0 aliphatic heterocycles. The third kappa shape index (κ3) is 3.08. The van der Waals surface area contributed by atoms with Crippen LogP contribution in [-0.4, -0.2) is 20.7 Å². The Morgan fingerprint density at radius 1 is 1.47 bits per heavy atom. The highest BCUT2D eigenvalue weighted by Crippen LogP contribution is 2.33. The number of hydrogen-bond acceptors (Lipinski definition) is 3. The summed E-state index contributed by atoms with van der Waals surface area (Å²) in [5, 5.41) is 0. The first-order valence-corrected chi connectivity index (χ1v) is 7.38. The number of nitrogens with one attached hydrogen (secondary N) is 1. The molecule has 0 atom stereocenters. The first-order chi connectivity index (χ1) is 8.95. The smallest absolute Gasteiger partial charge is 0.243 e. The van der Waals surface area contributed by atoms with Crippen molar-refractivity contribution >= 4 is 15.8 Å². The number of benzene rings is 1. The second-order valence-corrected chi connectivity index (χ2v) is 6.16. The highest BCUT2D eigenvalue weighted by Gasteiger charge is 2.31. The number of halogens is 1. The van der Waals surface area contributed by atoms with Gasteiger partial charge in [-0.15, -0.1) is 6.58 Å². The second-order valence-electron chi connectivity index (χ2n) is 4.42. The minimum atomic E-state index is -3.96. The lowest BCUT2D eigenvalue weighted by molar-refractivity contribution is 0.0967. The van der Waals surface area contributed by atoms with Crippen LogP contribution >= 0.6 is 0 Å². The van der Waals surface area contributed by atoms with Crippen molar-refractivity contribution in [1.82, 2.24) is 4.72 Å². The molecule has 1 aromatic rings. The molecule has 102 valence electrons. The zero-order valence-electron chi connectivity index (χ0n) is 10.2. The summed E-state index contributed by atoms with van der Waals surface area (Å²) in [5.41, 5.74) is 0.239. The lowest BCUT2D eigenvalue weighted by Crippen LogP contribution is -2.25. The maximum atomic E-state index is 13.6.